The molecule has 3 N–H and O–H groups in total. The number of nitrogens with two attached hydrogens (primary N) is 1. The second-order valence-electron chi connectivity index (χ2n) is 4.04. The van der Waals surface area contributed by atoms with Crippen LogP contribution in [0.1, 0.15) is 12.5 Å². The van der Waals surface area contributed by atoms with E-state index >= 15 is 0 Å². The van der Waals surface area contributed by atoms with Crippen LogP contribution in [0.2, 0.25) is 0 Å². The fraction of sp³-hybridized carbons (Fsp3) is 0.267. The number of carbonyl (C=O) groups excluding carboxylic acids is 1. The highest BCUT2D eigenvalue weighted by atomic mass is 16.5. The Morgan fingerprint density at radius 1 is 1.45 bits per heavy atom. The smallest absolute Gasteiger partial charge is 0.352 e. The Kier molecular flexibility index (Phi) is 6.99. The minimum atomic E-state index is -0.743. The zero-order valence-electron chi connectivity index (χ0n) is 12.5. The maximum absolute atomic E-state index is 11.7. The molecule has 0 aromatic heterocycles. The van der Waals surface area contributed by atoms with Crippen molar-refractivity contribution in [2.75, 3.05) is 13.7 Å². The number of hydrogen-bond acceptors (Lipinski definition) is 6. The van der Waals surface area contributed by atoms with Crippen molar-refractivity contribution < 1.29 is 14.3 Å². The quantitative estimate of drug-likeness (QED) is 0.256. The third-order valence-electron chi connectivity index (χ3n) is 2.65. The average molecular weight is 302 g/mol. The summed E-state index contributed by atoms with van der Waals surface area (Å²) in [6, 6.07) is 9.10. The highest BCUT2D eigenvalue weighted by Crippen LogP contribution is 2.12. The summed E-state index contributed by atoms with van der Waals surface area (Å²) in [6.45, 7) is 2.19. The molecule has 0 saturated heterocycles. The fourth-order valence-corrected chi connectivity index (χ4v) is 1.60. The topological polar surface area (TPSA) is 110 Å². The number of methoxy groups -OCH3 is 1. The van der Waals surface area contributed by atoms with Gasteiger partial charge in [0.05, 0.1) is 20.1 Å². The van der Waals surface area contributed by atoms with Gasteiger partial charge in [-0.3, -0.25) is 0 Å². The van der Waals surface area contributed by atoms with E-state index in [9.17, 15) is 4.79 Å². The summed E-state index contributed by atoms with van der Waals surface area (Å²) in [6.07, 6.45) is 1.01. The van der Waals surface area contributed by atoms with Gasteiger partial charge in [0, 0.05) is 6.54 Å². The predicted molar refractivity (Wildman–Crippen MR) is 81.8 cm³/mol. The van der Waals surface area contributed by atoms with Crippen molar-refractivity contribution in [2.24, 2.45) is 10.7 Å². The van der Waals surface area contributed by atoms with E-state index in [0.717, 1.165) is 17.7 Å². The number of hydrogen-bond donors (Lipinski definition) is 2. The third kappa shape index (κ3) is 4.83. The molecule has 1 aromatic carbocycles. The van der Waals surface area contributed by atoms with E-state index in [1.54, 1.807) is 20.1 Å². The summed E-state index contributed by atoms with van der Waals surface area (Å²) in [5.74, 6) is 0.0656. The molecule has 0 heterocycles. The molecule has 0 saturated carbocycles. The summed E-state index contributed by atoms with van der Waals surface area (Å²) in [7, 11) is 1.59. The number of carbonyl (C=O) groups is 1. The van der Waals surface area contributed by atoms with Crippen LogP contribution in [0, 0.1) is 11.3 Å². The Morgan fingerprint density at radius 2 is 2.14 bits per heavy atom. The van der Waals surface area contributed by atoms with E-state index in [2.05, 4.69) is 10.3 Å². The van der Waals surface area contributed by atoms with Crippen molar-refractivity contribution in [3.8, 4) is 11.8 Å². The molecule has 116 valence electrons. The van der Waals surface area contributed by atoms with Gasteiger partial charge in [-0.2, -0.15) is 5.26 Å². The molecule has 0 amide bonds. The van der Waals surface area contributed by atoms with Crippen LogP contribution in [-0.2, 0) is 16.1 Å². The summed E-state index contributed by atoms with van der Waals surface area (Å²) in [5, 5.41) is 12.0. The lowest BCUT2D eigenvalue weighted by Crippen LogP contribution is -2.19. The van der Waals surface area contributed by atoms with Crippen molar-refractivity contribution in [3.05, 3.63) is 41.2 Å². The lowest BCUT2D eigenvalue weighted by atomic mass is 10.2. The molecule has 1 rings (SSSR count). The highest BCUT2D eigenvalue weighted by Gasteiger charge is 2.16. The van der Waals surface area contributed by atoms with Crippen LogP contribution in [-0.4, -0.2) is 26.0 Å². The molecule has 7 heteroatoms. The van der Waals surface area contributed by atoms with E-state index in [1.807, 2.05) is 24.3 Å². The van der Waals surface area contributed by atoms with Crippen LogP contribution in [0.4, 0.5) is 0 Å². The van der Waals surface area contributed by atoms with Crippen LogP contribution in [0.15, 0.2) is 40.7 Å². The molecule has 0 radical (unpaired) electrons. The predicted octanol–water partition coefficient (Wildman–Crippen LogP) is 1.07. The number of esters is 1. The minimum absolute atomic E-state index is 0.0688. The van der Waals surface area contributed by atoms with Gasteiger partial charge in [0.15, 0.2) is 11.4 Å². The van der Waals surface area contributed by atoms with Gasteiger partial charge in [-0.1, -0.05) is 12.1 Å². The first-order chi connectivity index (χ1) is 10.7. The monoisotopic (exact) mass is 302 g/mol. The first-order valence-electron chi connectivity index (χ1n) is 6.58. The summed E-state index contributed by atoms with van der Waals surface area (Å²) < 4.78 is 9.89. The van der Waals surface area contributed by atoms with Gasteiger partial charge in [-0.05, 0) is 24.6 Å². The normalized spacial score (nSPS) is 11.5. The molecule has 7 nitrogen and oxygen atoms in total. The molecule has 0 unspecified atom stereocenters. The van der Waals surface area contributed by atoms with Crippen molar-refractivity contribution in [1.82, 2.24) is 5.32 Å². The number of nitrogens with one attached hydrogen (secondary N) is 1. The van der Waals surface area contributed by atoms with Gasteiger partial charge in [-0.15, -0.1) is 0 Å². The molecular formula is C15H18N4O3. The highest BCUT2D eigenvalue weighted by molar-refractivity contribution is 5.93. The average Bonchev–Trinajstić information content (AvgIpc) is 2.54. The molecule has 0 aliphatic carbocycles. The molecule has 0 bridgehead atoms. The lowest BCUT2D eigenvalue weighted by molar-refractivity contribution is -0.138. The largest absolute Gasteiger partial charge is 0.497 e. The van der Waals surface area contributed by atoms with Crippen LogP contribution in [0.5, 0.6) is 5.75 Å². The summed E-state index contributed by atoms with van der Waals surface area (Å²) >= 11 is 0. The van der Waals surface area contributed by atoms with Gasteiger partial charge < -0.3 is 20.5 Å². The zero-order chi connectivity index (χ0) is 16.4. The van der Waals surface area contributed by atoms with Crippen LogP contribution < -0.4 is 15.8 Å². The van der Waals surface area contributed by atoms with Crippen molar-refractivity contribution in [2.45, 2.75) is 13.5 Å². The van der Waals surface area contributed by atoms with Gasteiger partial charge in [-0.25, -0.2) is 9.79 Å². The van der Waals surface area contributed by atoms with Gasteiger partial charge in [0.25, 0.3) is 0 Å². The van der Waals surface area contributed by atoms with Gasteiger partial charge in [0.2, 0.25) is 0 Å². The van der Waals surface area contributed by atoms with E-state index < -0.39 is 5.97 Å². The number of nitrogens with zero attached hydrogens (tertiary/aromatic N) is 2. The molecule has 0 aliphatic heterocycles. The summed E-state index contributed by atoms with van der Waals surface area (Å²) in [4.78, 5) is 15.5. The third-order valence-corrected chi connectivity index (χ3v) is 2.65. The van der Waals surface area contributed by atoms with Crippen molar-refractivity contribution in [3.63, 3.8) is 0 Å². The Balaban J connectivity index is 2.91. The maximum Gasteiger partial charge on any atom is 0.352 e. The van der Waals surface area contributed by atoms with E-state index in [-0.39, 0.29) is 18.0 Å². The van der Waals surface area contributed by atoms with Crippen LogP contribution in [0.25, 0.3) is 0 Å². The van der Waals surface area contributed by atoms with Crippen LogP contribution >= 0.6 is 0 Å². The molecule has 0 atom stereocenters. The second-order valence-corrected chi connectivity index (χ2v) is 4.04. The standard InChI is InChI=1S/C15H18N4O3/c1-3-22-15(20)13(8-16)14(19-10-17)18-9-11-4-6-12(21-2)7-5-11/h4-7,10,18H,3,9H2,1-2H3,(H2,17,19). The van der Waals surface area contributed by atoms with Gasteiger partial charge >= 0.3 is 5.97 Å². The number of ether oxygens (including phenoxy) is 2. The van der Waals surface area contributed by atoms with Gasteiger partial charge in [0.1, 0.15) is 11.8 Å². The molecular weight excluding hydrogens is 284 g/mol. The zero-order valence-corrected chi connectivity index (χ0v) is 12.5. The van der Waals surface area contributed by atoms with Crippen molar-refractivity contribution in [1.29, 1.82) is 5.26 Å². The van der Waals surface area contributed by atoms with Crippen LogP contribution in [0.3, 0.4) is 0 Å². The molecule has 0 aliphatic rings. The first-order valence-corrected chi connectivity index (χ1v) is 6.58. The Hall–Kier alpha value is -3.01. The van der Waals surface area contributed by atoms with E-state index in [4.69, 9.17) is 20.5 Å². The maximum atomic E-state index is 11.7. The molecule has 1 aromatic rings. The number of nitriles is 1. The lowest BCUT2D eigenvalue weighted by Gasteiger charge is -2.09. The molecule has 0 fully saturated rings. The molecule has 0 spiro atoms. The van der Waals surface area contributed by atoms with Crippen molar-refractivity contribution >= 4 is 12.3 Å². The Bertz CT molecular complexity index is 600. The molecule has 22 heavy (non-hydrogen) atoms. The number of aliphatic imine (C=N–C) groups is 1. The first kappa shape index (κ1) is 17.0. The number of rotatable bonds is 7. The Morgan fingerprint density at radius 3 is 2.64 bits per heavy atom. The second kappa shape index (κ2) is 9.02. The Labute approximate surface area is 129 Å². The SMILES string of the molecule is CCOC(=O)C(C#N)=C(N=CN)NCc1ccc(OC)cc1. The summed E-state index contributed by atoms with van der Waals surface area (Å²) in [5.41, 5.74) is 5.96. The fourth-order valence-electron chi connectivity index (χ4n) is 1.60. The number of benzene rings is 1. The van der Waals surface area contributed by atoms with E-state index in [0.29, 0.717) is 6.54 Å². The van der Waals surface area contributed by atoms with E-state index in [1.165, 1.54) is 0 Å². The minimum Gasteiger partial charge on any atom is -0.497 e.